The van der Waals surface area contributed by atoms with Crippen LogP contribution in [0, 0.1) is 0 Å². The van der Waals surface area contributed by atoms with Crippen LogP contribution in [0.15, 0.2) is 46.3 Å². The summed E-state index contributed by atoms with van der Waals surface area (Å²) in [6.07, 6.45) is 3.29. The number of nitrogen functional groups attached to an aromatic ring is 1. The van der Waals surface area contributed by atoms with E-state index in [1.54, 1.807) is 29.1 Å². The van der Waals surface area contributed by atoms with Crippen LogP contribution in [0.2, 0.25) is 0 Å². The fourth-order valence-corrected chi connectivity index (χ4v) is 6.09. The molecule has 4 amide bonds. The Morgan fingerprint density at radius 1 is 1.23 bits per heavy atom. The van der Waals surface area contributed by atoms with Gasteiger partial charge in [-0.3, -0.25) is 34.5 Å². The van der Waals surface area contributed by atoms with Crippen molar-refractivity contribution in [1.82, 2.24) is 25.3 Å². The molecule has 1 fully saturated rings. The average molecular weight is 649 g/mol. The number of aromatic nitrogens is 2. The minimum atomic E-state index is -1.55. The molecule has 2 atom stereocenters. The van der Waals surface area contributed by atoms with Crippen LogP contribution in [-0.2, 0) is 41.9 Å². The van der Waals surface area contributed by atoms with Gasteiger partial charge in [0.1, 0.15) is 23.7 Å². The highest BCUT2D eigenvalue weighted by Gasteiger charge is 2.53. The number of nitrogens with zero attached hydrogens (tertiary/aromatic N) is 6. The van der Waals surface area contributed by atoms with Gasteiger partial charge in [0, 0.05) is 42.7 Å². The topological polar surface area (TPSA) is 235 Å². The normalized spacial score (nSPS) is 17.9. The van der Waals surface area contributed by atoms with Crippen molar-refractivity contribution in [2.75, 3.05) is 24.6 Å². The van der Waals surface area contributed by atoms with Crippen molar-refractivity contribution in [1.29, 1.82) is 0 Å². The number of pyridine rings is 1. The maximum atomic E-state index is 13.2. The first-order valence-electron chi connectivity index (χ1n) is 12.9. The van der Waals surface area contributed by atoms with Gasteiger partial charge >= 0.3 is 0 Å². The van der Waals surface area contributed by atoms with Crippen molar-refractivity contribution in [2.45, 2.75) is 38.4 Å². The largest absolute Gasteiger partial charge is 0.543 e. The summed E-state index contributed by atoms with van der Waals surface area (Å²) in [4.78, 5) is 71.1. The van der Waals surface area contributed by atoms with E-state index < -0.39 is 41.0 Å². The number of nitrogens with two attached hydrogens (primary N) is 1. The molecule has 0 bridgehead atoms. The van der Waals surface area contributed by atoms with Gasteiger partial charge in [0.2, 0.25) is 11.8 Å². The summed E-state index contributed by atoms with van der Waals surface area (Å²) < 4.78 is 1.68. The van der Waals surface area contributed by atoms with E-state index in [1.807, 2.05) is 0 Å². The van der Waals surface area contributed by atoms with Gasteiger partial charge in [0.15, 0.2) is 29.8 Å². The standard InChI is InChI=1S/C25H28N8O9S2/c1-13(34)31(40)7-8-42-29-18(17-12-44-25(26)27-17)21(36)28-19-22(37)33-20(24(38)39)16(11-43-23(19)33)10-30-5-3-15(4-6-30)9-32(41)14(2)35/h3-6,12,19,23,40-41H,7-11H2,1-2H3,(H3-,26,27,28,36,38,39)/b29-18-/t19-,23-/m1/s1. The number of hydrogen-bond acceptors (Lipinski definition) is 14. The summed E-state index contributed by atoms with van der Waals surface area (Å²) in [7, 11) is 0. The molecule has 4 heterocycles. The molecule has 17 nitrogen and oxygen atoms in total. The maximum Gasteiger partial charge on any atom is 0.276 e. The zero-order valence-corrected chi connectivity index (χ0v) is 25.0. The Labute approximate surface area is 258 Å². The molecule has 1 saturated heterocycles. The molecule has 4 rings (SSSR count). The van der Waals surface area contributed by atoms with Gasteiger partial charge in [-0.25, -0.2) is 19.7 Å². The van der Waals surface area contributed by atoms with Gasteiger partial charge in [-0.1, -0.05) is 5.16 Å². The van der Waals surface area contributed by atoms with E-state index >= 15 is 0 Å². The van der Waals surface area contributed by atoms with Crippen LogP contribution in [0.25, 0.3) is 0 Å². The molecule has 19 heteroatoms. The van der Waals surface area contributed by atoms with E-state index in [0.29, 0.717) is 21.3 Å². The Morgan fingerprint density at radius 3 is 2.50 bits per heavy atom. The van der Waals surface area contributed by atoms with Crippen molar-refractivity contribution < 1.29 is 48.9 Å². The highest BCUT2D eigenvalue weighted by molar-refractivity contribution is 8.00. The molecule has 0 saturated carbocycles. The van der Waals surface area contributed by atoms with E-state index in [0.717, 1.165) is 23.2 Å². The molecule has 0 aliphatic carbocycles. The molecule has 5 N–H and O–H groups in total. The van der Waals surface area contributed by atoms with Crippen molar-refractivity contribution >= 4 is 63.5 Å². The van der Waals surface area contributed by atoms with Crippen molar-refractivity contribution in [3.05, 3.63) is 52.4 Å². The molecule has 0 spiro atoms. The number of rotatable bonds is 12. The first kappa shape index (κ1) is 32.3. The lowest BCUT2D eigenvalue weighted by Crippen LogP contribution is -2.71. The van der Waals surface area contributed by atoms with Gasteiger partial charge in [-0.2, -0.15) is 0 Å². The number of β-lactam (4-membered cyclic amide) rings is 1. The second-order valence-electron chi connectivity index (χ2n) is 9.54. The third-order valence-corrected chi connectivity index (χ3v) is 8.46. The van der Waals surface area contributed by atoms with Crippen LogP contribution in [0.3, 0.4) is 0 Å². The molecular weight excluding hydrogens is 620 g/mol. The summed E-state index contributed by atoms with van der Waals surface area (Å²) in [6, 6.07) is 2.23. The van der Waals surface area contributed by atoms with Gasteiger partial charge in [0.25, 0.3) is 11.8 Å². The predicted molar refractivity (Wildman–Crippen MR) is 150 cm³/mol. The quantitative estimate of drug-likeness (QED) is 0.0480. The van der Waals surface area contributed by atoms with Crippen molar-refractivity contribution in [3.63, 3.8) is 0 Å². The third-order valence-electron chi connectivity index (χ3n) is 6.45. The van der Waals surface area contributed by atoms with Crippen molar-refractivity contribution in [2.24, 2.45) is 5.16 Å². The molecule has 44 heavy (non-hydrogen) atoms. The summed E-state index contributed by atoms with van der Waals surface area (Å²) in [5.41, 5.74) is 6.19. The zero-order chi connectivity index (χ0) is 32.1. The lowest BCUT2D eigenvalue weighted by Gasteiger charge is -2.50. The number of carbonyl (C=O) groups excluding carboxylic acids is 5. The summed E-state index contributed by atoms with van der Waals surface area (Å²) in [5, 5.41) is 39.4. The van der Waals surface area contributed by atoms with Crippen LogP contribution in [0.5, 0.6) is 0 Å². The Bertz CT molecular complexity index is 1530. The van der Waals surface area contributed by atoms with E-state index in [-0.39, 0.29) is 54.2 Å². The molecule has 0 aromatic carbocycles. The number of fused-ring (bicyclic) bond motifs is 1. The monoisotopic (exact) mass is 648 g/mol. The number of aliphatic carboxylic acids is 1. The predicted octanol–water partition coefficient (Wildman–Crippen LogP) is -2.19. The van der Waals surface area contributed by atoms with Crippen LogP contribution in [-0.4, -0.2) is 96.1 Å². The first-order chi connectivity index (χ1) is 20.9. The van der Waals surface area contributed by atoms with Gasteiger partial charge in [-0.15, -0.1) is 23.1 Å². The number of thioether (sulfide) groups is 1. The first-order valence-corrected chi connectivity index (χ1v) is 14.8. The Balaban J connectivity index is 1.46. The SMILES string of the molecule is CC(=O)N(O)CCO/N=C(\C(=O)N[C@@H]1C(=O)N2C(C(=O)[O-])=C(C[n+]3ccc(CN(O)C(C)=O)cc3)CS[C@H]12)c1csc(N)n1. The number of hydroxylamine groups is 4. The van der Waals surface area contributed by atoms with Gasteiger partial charge in [-0.05, 0) is 5.56 Å². The van der Waals surface area contributed by atoms with E-state index in [1.165, 1.54) is 24.1 Å². The number of amides is 4. The number of carboxylic acid groups (broad SMARTS) is 1. The summed E-state index contributed by atoms with van der Waals surface area (Å²) in [6.45, 7) is 1.98. The number of thiazole rings is 1. The minimum absolute atomic E-state index is 0.0222. The highest BCUT2D eigenvalue weighted by atomic mass is 32.2. The minimum Gasteiger partial charge on any atom is -0.543 e. The van der Waals surface area contributed by atoms with Crippen molar-refractivity contribution in [3.8, 4) is 0 Å². The fraction of sp³-hybridized carbons (Fsp3) is 0.360. The zero-order valence-electron chi connectivity index (χ0n) is 23.4. The number of carbonyl (C=O) groups is 5. The van der Waals surface area contributed by atoms with E-state index in [2.05, 4.69) is 15.5 Å². The number of nitrogens with one attached hydrogen (secondary N) is 1. The van der Waals surface area contributed by atoms with E-state index in [9.17, 15) is 39.5 Å². The lowest BCUT2D eigenvalue weighted by atomic mass is 10.0. The molecule has 2 aliphatic rings. The Morgan fingerprint density at radius 2 is 1.91 bits per heavy atom. The molecule has 0 unspecified atom stereocenters. The average Bonchev–Trinajstić information content (AvgIpc) is 3.41. The maximum absolute atomic E-state index is 13.2. The highest BCUT2D eigenvalue weighted by Crippen LogP contribution is 2.40. The second-order valence-corrected chi connectivity index (χ2v) is 11.5. The molecule has 2 aromatic rings. The second kappa shape index (κ2) is 13.8. The number of oxime groups is 1. The Hall–Kier alpha value is -4.59. The lowest BCUT2D eigenvalue weighted by molar-refractivity contribution is -0.689. The molecular formula is C25H28N8O9S2. The molecule has 2 aliphatic heterocycles. The van der Waals surface area contributed by atoms with Crippen LogP contribution >= 0.6 is 23.1 Å². The molecule has 0 radical (unpaired) electrons. The van der Waals surface area contributed by atoms with Crippen LogP contribution in [0.1, 0.15) is 25.1 Å². The Kier molecular flexibility index (Phi) is 10.1. The summed E-state index contributed by atoms with van der Waals surface area (Å²) >= 11 is 2.29. The van der Waals surface area contributed by atoms with Crippen LogP contribution in [0.4, 0.5) is 5.13 Å². The fourth-order valence-electron chi connectivity index (χ4n) is 4.20. The number of hydrogen-bond donors (Lipinski definition) is 4. The smallest absolute Gasteiger partial charge is 0.276 e. The third kappa shape index (κ3) is 7.30. The summed E-state index contributed by atoms with van der Waals surface area (Å²) in [5.74, 6) is -3.98. The molecule has 2 aromatic heterocycles. The van der Waals surface area contributed by atoms with E-state index in [4.69, 9.17) is 10.6 Å². The van der Waals surface area contributed by atoms with Gasteiger partial charge in [0.05, 0.1) is 24.8 Å². The molecule has 234 valence electrons. The number of carboxylic acids is 1. The van der Waals surface area contributed by atoms with Crippen LogP contribution < -0.4 is 20.7 Å². The van der Waals surface area contributed by atoms with Gasteiger partial charge < -0.3 is 25.8 Å². The number of anilines is 1.